The Kier molecular flexibility index (Phi) is 10.3. The van der Waals surface area contributed by atoms with Crippen LogP contribution in [0.15, 0.2) is 0 Å². The highest BCUT2D eigenvalue weighted by atomic mass is 16.4. The zero-order chi connectivity index (χ0) is 14.8. The largest absolute Gasteiger partial charge is 0.550 e. The molecule has 0 atom stereocenters. The Labute approximate surface area is 114 Å². The number of carboxylic acid groups (broad SMARTS) is 1. The maximum atomic E-state index is 9.91. The predicted octanol–water partition coefficient (Wildman–Crippen LogP) is 2.45. The smallest absolute Gasteiger partial charge is 0.0780 e. The van der Waals surface area contributed by atoms with Crippen molar-refractivity contribution in [1.82, 2.24) is 0 Å². The van der Waals surface area contributed by atoms with Crippen LogP contribution in [0.25, 0.3) is 0 Å². The molecule has 3 heteroatoms. The maximum Gasteiger partial charge on any atom is 0.0780 e. The minimum Gasteiger partial charge on any atom is -0.550 e. The quantitative estimate of drug-likeness (QED) is 0.543. The SMILES string of the molecule is CC(C)(C)C(=O)[O-].CCCCCCC[N+](C)(C)C. The van der Waals surface area contributed by atoms with Crippen molar-refractivity contribution in [1.29, 1.82) is 0 Å². The van der Waals surface area contributed by atoms with Gasteiger partial charge in [0.25, 0.3) is 0 Å². The molecule has 0 aromatic heterocycles. The average molecular weight is 259 g/mol. The first kappa shape index (κ1) is 19.8. The molecule has 0 aliphatic carbocycles. The first-order chi connectivity index (χ1) is 8.00. The second kappa shape index (κ2) is 9.37. The van der Waals surface area contributed by atoms with Gasteiger partial charge in [0.05, 0.1) is 27.7 Å². The molecule has 18 heavy (non-hydrogen) atoms. The van der Waals surface area contributed by atoms with Crippen LogP contribution in [-0.4, -0.2) is 38.1 Å². The highest BCUT2D eigenvalue weighted by Gasteiger charge is 2.09. The minimum absolute atomic E-state index is 0.694. The molecule has 0 unspecified atom stereocenters. The number of unbranched alkanes of at least 4 members (excludes halogenated alkanes) is 4. The number of hydrogen-bond donors (Lipinski definition) is 0. The van der Waals surface area contributed by atoms with Gasteiger partial charge < -0.3 is 14.4 Å². The van der Waals surface area contributed by atoms with Crippen LogP contribution in [0, 0.1) is 5.41 Å². The third-order valence-electron chi connectivity index (χ3n) is 2.54. The van der Waals surface area contributed by atoms with Gasteiger partial charge in [0.1, 0.15) is 0 Å². The lowest BCUT2D eigenvalue weighted by Crippen LogP contribution is -2.35. The van der Waals surface area contributed by atoms with Crippen LogP contribution < -0.4 is 5.11 Å². The van der Waals surface area contributed by atoms with Crippen molar-refractivity contribution in [3.05, 3.63) is 0 Å². The topological polar surface area (TPSA) is 40.1 Å². The van der Waals surface area contributed by atoms with Crippen molar-refractivity contribution >= 4 is 5.97 Å². The Morgan fingerprint density at radius 3 is 1.67 bits per heavy atom. The minimum atomic E-state index is -1.01. The lowest BCUT2D eigenvalue weighted by atomic mass is 9.98. The van der Waals surface area contributed by atoms with Crippen LogP contribution in [0.1, 0.15) is 59.8 Å². The van der Waals surface area contributed by atoms with Gasteiger partial charge in [-0.2, -0.15) is 0 Å². The monoisotopic (exact) mass is 259 g/mol. The second-order valence-electron chi connectivity index (χ2n) is 6.97. The van der Waals surface area contributed by atoms with Crippen molar-refractivity contribution in [2.24, 2.45) is 5.41 Å². The fourth-order valence-corrected chi connectivity index (χ4v) is 1.19. The van der Waals surface area contributed by atoms with Gasteiger partial charge in [-0.05, 0) is 12.8 Å². The molecule has 0 aliphatic rings. The number of carboxylic acids is 1. The van der Waals surface area contributed by atoms with Crippen LogP contribution in [0.2, 0.25) is 0 Å². The molecular formula is C15H33NO2. The van der Waals surface area contributed by atoms with Crippen LogP contribution in [0.5, 0.6) is 0 Å². The van der Waals surface area contributed by atoms with Crippen molar-refractivity contribution in [2.75, 3.05) is 27.7 Å². The van der Waals surface area contributed by atoms with Crippen molar-refractivity contribution < 1.29 is 14.4 Å². The molecule has 0 spiro atoms. The molecule has 0 radical (unpaired) electrons. The van der Waals surface area contributed by atoms with Gasteiger partial charge in [0.15, 0.2) is 0 Å². The molecule has 0 fully saturated rings. The van der Waals surface area contributed by atoms with E-state index in [-0.39, 0.29) is 0 Å². The summed E-state index contributed by atoms with van der Waals surface area (Å²) < 4.78 is 1.12. The Balaban J connectivity index is 0. The summed E-state index contributed by atoms with van der Waals surface area (Å²) in [5.41, 5.74) is -0.694. The van der Waals surface area contributed by atoms with Gasteiger partial charge in [0.2, 0.25) is 0 Å². The van der Waals surface area contributed by atoms with E-state index in [1.165, 1.54) is 38.6 Å². The third kappa shape index (κ3) is 17.8. The van der Waals surface area contributed by atoms with Crippen molar-refractivity contribution in [3.63, 3.8) is 0 Å². The summed E-state index contributed by atoms with van der Waals surface area (Å²) in [6.07, 6.45) is 7.00. The predicted molar refractivity (Wildman–Crippen MR) is 76.1 cm³/mol. The number of aliphatic carboxylic acids is 1. The van der Waals surface area contributed by atoms with Gasteiger partial charge in [-0.3, -0.25) is 0 Å². The van der Waals surface area contributed by atoms with E-state index in [1.54, 1.807) is 20.8 Å². The third-order valence-corrected chi connectivity index (χ3v) is 2.54. The molecule has 0 rings (SSSR count). The van der Waals surface area contributed by atoms with Crippen molar-refractivity contribution in [3.8, 4) is 0 Å². The Morgan fingerprint density at radius 1 is 1.00 bits per heavy atom. The lowest BCUT2D eigenvalue weighted by molar-refractivity contribution is -0.870. The van der Waals surface area contributed by atoms with Gasteiger partial charge >= 0.3 is 0 Å². The normalized spacial score (nSPS) is 11.7. The second-order valence-corrected chi connectivity index (χ2v) is 6.97. The molecule has 0 aliphatic heterocycles. The zero-order valence-corrected chi connectivity index (χ0v) is 13.5. The fourth-order valence-electron chi connectivity index (χ4n) is 1.19. The standard InChI is InChI=1S/C10H24N.C5H10O2/c1-5-6-7-8-9-10-11(2,3)4;1-5(2,3)4(6)7/h5-10H2,1-4H3;1-3H3,(H,6,7)/q+1;/p-1. The van der Waals surface area contributed by atoms with E-state index in [4.69, 9.17) is 0 Å². The van der Waals surface area contributed by atoms with Crippen molar-refractivity contribution in [2.45, 2.75) is 59.8 Å². The van der Waals surface area contributed by atoms with E-state index < -0.39 is 11.4 Å². The van der Waals surface area contributed by atoms with E-state index in [0.717, 1.165) is 4.48 Å². The molecule has 0 bridgehead atoms. The Hall–Kier alpha value is -0.570. The maximum absolute atomic E-state index is 9.91. The number of carbonyl (C=O) groups excluding carboxylic acids is 1. The molecule has 110 valence electrons. The summed E-state index contributed by atoms with van der Waals surface area (Å²) in [6.45, 7) is 8.39. The van der Waals surface area contributed by atoms with Crippen LogP contribution in [0.3, 0.4) is 0 Å². The molecule has 0 heterocycles. The molecule has 0 aromatic rings. The van der Waals surface area contributed by atoms with Gasteiger partial charge in [-0.25, -0.2) is 0 Å². The Bertz CT molecular complexity index is 212. The summed E-state index contributed by atoms with van der Waals surface area (Å²) in [6, 6.07) is 0. The number of quaternary nitrogens is 1. The van der Waals surface area contributed by atoms with Crippen LogP contribution in [0.4, 0.5) is 0 Å². The zero-order valence-electron chi connectivity index (χ0n) is 13.5. The van der Waals surface area contributed by atoms with E-state index >= 15 is 0 Å². The van der Waals surface area contributed by atoms with Crippen LogP contribution in [-0.2, 0) is 4.79 Å². The number of rotatable bonds is 6. The van der Waals surface area contributed by atoms with Gasteiger partial charge in [-0.15, -0.1) is 0 Å². The van der Waals surface area contributed by atoms with E-state index in [9.17, 15) is 9.90 Å². The molecular weight excluding hydrogens is 226 g/mol. The number of nitrogens with zero attached hydrogens (tertiary/aromatic N) is 1. The summed E-state index contributed by atoms with van der Waals surface area (Å²) in [5, 5.41) is 9.91. The summed E-state index contributed by atoms with van der Waals surface area (Å²) in [5.74, 6) is -1.01. The summed E-state index contributed by atoms with van der Waals surface area (Å²) >= 11 is 0. The Morgan fingerprint density at radius 2 is 1.39 bits per heavy atom. The molecule has 0 saturated carbocycles. The molecule has 0 saturated heterocycles. The molecule has 0 amide bonds. The molecule has 0 aromatic carbocycles. The van der Waals surface area contributed by atoms with E-state index in [0.29, 0.717) is 0 Å². The fraction of sp³-hybridized carbons (Fsp3) is 0.933. The first-order valence-corrected chi connectivity index (χ1v) is 7.02. The highest BCUT2D eigenvalue weighted by molar-refractivity contribution is 5.70. The van der Waals surface area contributed by atoms with E-state index in [1.807, 2.05) is 0 Å². The number of hydrogen-bond acceptors (Lipinski definition) is 2. The lowest BCUT2D eigenvalue weighted by Gasteiger charge is -2.23. The molecule has 0 N–H and O–H groups in total. The van der Waals surface area contributed by atoms with E-state index in [2.05, 4.69) is 28.1 Å². The van der Waals surface area contributed by atoms with Crippen LogP contribution >= 0.6 is 0 Å². The van der Waals surface area contributed by atoms with Gasteiger partial charge in [0, 0.05) is 11.4 Å². The number of carbonyl (C=O) groups is 1. The van der Waals surface area contributed by atoms with Gasteiger partial charge in [-0.1, -0.05) is 47.0 Å². The summed E-state index contributed by atoms with van der Waals surface area (Å²) in [4.78, 5) is 9.91. The summed E-state index contributed by atoms with van der Waals surface area (Å²) in [7, 11) is 6.79. The average Bonchev–Trinajstić information content (AvgIpc) is 2.15. The first-order valence-electron chi connectivity index (χ1n) is 7.02. The molecule has 3 nitrogen and oxygen atoms in total. The highest BCUT2D eigenvalue weighted by Crippen LogP contribution is 2.09.